The van der Waals surface area contributed by atoms with Crippen LogP contribution in [0.15, 0.2) is 64.1 Å². The minimum atomic E-state index is -1.35. The van der Waals surface area contributed by atoms with Crippen molar-refractivity contribution in [3.05, 3.63) is 93.8 Å². The van der Waals surface area contributed by atoms with E-state index >= 15 is 0 Å². The first-order valence-electron chi connectivity index (χ1n) is 18.1. The number of carbonyl (C=O) groups is 3. The highest BCUT2D eigenvalue weighted by molar-refractivity contribution is 6.07. The van der Waals surface area contributed by atoms with Gasteiger partial charge < -0.3 is 18.5 Å². The molecule has 50 heavy (non-hydrogen) atoms. The number of allylic oxidation sites excluding steroid dienone is 4. The smallest absolute Gasteiger partial charge is 0.325 e. The largest absolute Gasteiger partial charge is 0.494 e. The van der Waals surface area contributed by atoms with Gasteiger partial charge in [-0.1, -0.05) is 45.6 Å². The van der Waals surface area contributed by atoms with Crippen molar-refractivity contribution in [1.29, 1.82) is 0 Å². The number of furan rings is 1. The summed E-state index contributed by atoms with van der Waals surface area (Å²) in [6.45, 7) is 13.9. The van der Waals surface area contributed by atoms with Crippen LogP contribution < -0.4 is 10.1 Å². The van der Waals surface area contributed by atoms with Crippen LogP contribution in [-0.4, -0.2) is 67.9 Å². The number of nitrogens with zero attached hydrogens (tertiary/aromatic N) is 2. The molecule has 266 valence electrons. The van der Waals surface area contributed by atoms with Crippen molar-refractivity contribution >= 4 is 23.8 Å². The number of benzene rings is 1. The summed E-state index contributed by atoms with van der Waals surface area (Å²) >= 11 is 0. The number of amides is 3. The average Bonchev–Trinajstić information content (AvgIpc) is 3.55. The molecule has 6 rings (SSSR count). The quantitative estimate of drug-likeness (QED) is 0.192. The number of fused-ring (bicyclic) bond motifs is 2. The van der Waals surface area contributed by atoms with Crippen molar-refractivity contribution in [2.24, 2.45) is 11.8 Å². The molecule has 5 unspecified atom stereocenters. The van der Waals surface area contributed by atoms with E-state index in [1.807, 2.05) is 18.2 Å². The Balaban J connectivity index is 1.29. The zero-order valence-corrected chi connectivity index (χ0v) is 30.4. The minimum absolute atomic E-state index is 0.00143. The van der Waals surface area contributed by atoms with Crippen LogP contribution >= 0.6 is 0 Å². The lowest BCUT2D eigenvalue weighted by molar-refractivity contribution is -0.905. The molecule has 3 heterocycles. The van der Waals surface area contributed by atoms with Crippen LogP contribution in [0.4, 0.5) is 9.18 Å². The molecule has 1 aromatic heterocycles. The van der Waals surface area contributed by atoms with Gasteiger partial charge in [0.05, 0.1) is 39.4 Å². The summed E-state index contributed by atoms with van der Waals surface area (Å²) in [6, 6.07) is 4.83. The number of imide groups is 1. The van der Waals surface area contributed by atoms with Crippen molar-refractivity contribution < 1.29 is 32.4 Å². The van der Waals surface area contributed by atoms with E-state index in [9.17, 15) is 18.8 Å². The van der Waals surface area contributed by atoms with Crippen molar-refractivity contribution in [3.63, 3.8) is 0 Å². The van der Waals surface area contributed by atoms with Crippen LogP contribution in [0.3, 0.4) is 0 Å². The number of hydrogen-bond acceptors (Lipinski definition) is 5. The van der Waals surface area contributed by atoms with Gasteiger partial charge in [-0.2, -0.15) is 0 Å². The maximum atomic E-state index is 15.0. The zero-order valence-electron chi connectivity index (χ0n) is 30.4. The number of carbonyl (C=O) groups excluding carboxylic acids is 3. The van der Waals surface area contributed by atoms with Crippen LogP contribution in [0.25, 0.3) is 6.08 Å². The first-order chi connectivity index (χ1) is 23.9. The monoisotopic (exact) mass is 684 g/mol. The average molecular weight is 685 g/mol. The minimum Gasteiger partial charge on any atom is -0.494 e. The second-order valence-corrected chi connectivity index (χ2v) is 15.0. The number of halogens is 1. The molecule has 1 aromatic carbocycles. The van der Waals surface area contributed by atoms with Gasteiger partial charge >= 0.3 is 6.03 Å². The zero-order chi connectivity index (χ0) is 36.0. The summed E-state index contributed by atoms with van der Waals surface area (Å²) in [5.74, 6) is -0.0941. The van der Waals surface area contributed by atoms with Gasteiger partial charge in [0.25, 0.3) is 5.91 Å². The van der Waals surface area contributed by atoms with Gasteiger partial charge in [-0.3, -0.25) is 14.9 Å². The fraction of sp³-hybridized carbons (Fsp3) is 0.488. The molecule has 0 bridgehead atoms. The van der Waals surface area contributed by atoms with E-state index in [1.165, 1.54) is 23.2 Å². The fourth-order valence-corrected chi connectivity index (χ4v) is 8.62. The van der Waals surface area contributed by atoms with E-state index in [1.54, 1.807) is 19.2 Å². The number of ether oxygens (including phenoxy) is 1. The number of likely N-dealkylation sites (N-methyl/N-ethyl adjacent to an activating group) is 2. The predicted octanol–water partition coefficient (Wildman–Crippen LogP) is 7.86. The van der Waals surface area contributed by atoms with E-state index in [4.69, 9.17) is 9.15 Å². The molecular formula is C41H51FN3O5+. The Morgan fingerprint density at radius 3 is 2.64 bits per heavy atom. The third-order valence-electron chi connectivity index (χ3n) is 11.9. The van der Waals surface area contributed by atoms with Crippen LogP contribution in [0.5, 0.6) is 5.75 Å². The standard InChI is InChI=1S/C41H50FN3O5/c1-8-17-45(6)18-14-28(15-19-45)31-21-26(9-2)32-24-36(50-35(32)23-27(31)10-3)41(39(47)43-40(48)44(41)5)16-13-25(4)30-20-29-11-12-34(49-7)38(42)37(29)33(46)22-30/h10-12,14,21,23-26,30H,3,8-9,13,15-20,22H2,1-2,4-7H3/p+1. The van der Waals surface area contributed by atoms with Crippen molar-refractivity contribution in [3.8, 4) is 5.75 Å². The number of nitrogens with one attached hydrogen (secondary N) is 1. The number of Topliss-reactive ketones (excluding diaryl/α,β-unsaturated/α-hetero) is 1. The summed E-state index contributed by atoms with van der Waals surface area (Å²) in [6.07, 6.45) is 13.2. The summed E-state index contributed by atoms with van der Waals surface area (Å²) < 4.78 is 27.8. The van der Waals surface area contributed by atoms with E-state index in [0.717, 1.165) is 54.5 Å². The second kappa shape index (κ2) is 13.8. The number of hydrogen-bond donors (Lipinski definition) is 1. The molecule has 0 spiro atoms. The summed E-state index contributed by atoms with van der Waals surface area (Å²) in [5, 5.41) is 2.53. The van der Waals surface area contributed by atoms with Crippen LogP contribution in [0.1, 0.15) is 98.2 Å². The molecule has 1 fully saturated rings. The number of rotatable bonds is 11. The topological polar surface area (TPSA) is 88.8 Å². The molecule has 3 amide bonds. The van der Waals surface area contributed by atoms with Gasteiger partial charge in [0.1, 0.15) is 11.5 Å². The van der Waals surface area contributed by atoms with Gasteiger partial charge in [0.2, 0.25) is 0 Å². The highest BCUT2D eigenvalue weighted by Crippen LogP contribution is 2.46. The van der Waals surface area contributed by atoms with Crippen molar-refractivity contribution in [1.82, 2.24) is 10.2 Å². The third kappa shape index (κ3) is 6.08. The predicted molar refractivity (Wildman–Crippen MR) is 192 cm³/mol. The molecule has 2 aliphatic heterocycles. The Morgan fingerprint density at radius 2 is 2.02 bits per heavy atom. The molecule has 0 radical (unpaired) electrons. The maximum absolute atomic E-state index is 15.0. The summed E-state index contributed by atoms with van der Waals surface area (Å²) in [4.78, 5) is 41.5. The second-order valence-electron chi connectivity index (χ2n) is 15.0. The molecule has 4 aliphatic rings. The van der Waals surface area contributed by atoms with Gasteiger partial charge in [-0.05, 0) is 90.5 Å². The Hall–Kier alpha value is -4.24. The van der Waals surface area contributed by atoms with Crippen molar-refractivity contribution in [2.45, 2.75) is 77.2 Å². The lowest BCUT2D eigenvalue weighted by Crippen LogP contribution is -2.47. The van der Waals surface area contributed by atoms with Crippen LogP contribution in [0, 0.1) is 17.7 Å². The van der Waals surface area contributed by atoms with E-state index in [-0.39, 0.29) is 41.3 Å². The van der Waals surface area contributed by atoms with Gasteiger partial charge in [0, 0.05) is 31.4 Å². The van der Waals surface area contributed by atoms with Gasteiger partial charge in [0.15, 0.2) is 22.9 Å². The van der Waals surface area contributed by atoms with Crippen molar-refractivity contribution in [2.75, 3.05) is 40.8 Å². The maximum Gasteiger partial charge on any atom is 0.325 e. The Morgan fingerprint density at radius 1 is 1.24 bits per heavy atom. The van der Waals surface area contributed by atoms with Crippen LogP contribution in [-0.2, 0) is 16.8 Å². The molecule has 2 aliphatic carbocycles. The van der Waals surface area contributed by atoms with E-state index < -0.39 is 23.3 Å². The molecule has 1 N–H and O–H groups in total. The SMILES string of the molecule is C=CC1=Cc2oc(C3(CCC(C)C4CC(=O)c5c(ccc(OC)c5F)C4)C(=O)NC(=O)N3C)cc2C(CC)C=C1C1=CC[N+](C)(CCC)CC1. The number of urea groups is 1. The molecule has 2 aromatic rings. The number of quaternary nitrogens is 1. The lowest BCUT2D eigenvalue weighted by atomic mass is 9.74. The van der Waals surface area contributed by atoms with E-state index in [0.29, 0.717) is 36.3 Å². The highest BCUT2D eigenvalue weighted by atomic mass is 19.1. The lowest BCUT2D eigenvalue weighted by Gasteiger charge is -2.37. The Bertz CT molecular complexity index is 1820. The summed E-state index contributed by atoms with van der Waals surface area (Å²) in [7, 11) is 5.35. The van der Waals surface area contributed by atoms with Gasteiger partial charge in [-0.15, -0.1) is 0 Å². The normalized spacial score (nSPS) is 27.1. The van der Waals surface area contributed by atoms with Gasteiger partial charge in [-0.25, -0.2) is 9.18 Å². The van der Waals surface area contributed by atoms with Crippen LogP contribution in [0.2, 0.25) is 0 Å². The molecule has 0 saturated carbocycles. The molecule has 8 nitrogen and oxygen atoms in total. The first kappa shape index (κ1) is 35.6. The molecule has 9 heteroatoms. The fourth-order valence-electron chi connectivity index (χ4n) is 8.62. The number of ketones is 1. The Labute approximate surface area is 295 Å². The Kier molecular flexibility index (Phi) is 9.83. The first-order valence-corrected chi connectivity index (χ1v) is 18.1. The molecule has 5 atom stereocenters. The third-order valence-corrected chi connectivity index (χ3v) is 11.9. The number of methoxy groups -OCH3 is 1. The van der Waals surface area contributed by atoms with E-state index in [2.05, 4.69) is 51.9 Å². The molecular weight excluding hydrogens is 633 g/mol. The highest BCUT2D eigenvalue weighted by Gasteiger charge is 2.55. The molecule has 1 saturated heterocycles. The summed E-state index contributed by atoms with van der Waals surface area (Å²) in [5.41, 5.74) is 3.94.